The molecule has 0 radical (unpaired) electrons. The van der Waals surface area contributed by atoms with E-state index in [1.165, 1.54) is 23.7 Å². The third kappa shape index (κ3) is 4.83. The van der Waals surface area contributed by atoms with Crippen molar-refractivity contribution in [2.24, 2.45) is 0 Å². The Bertz CT molecular complexity index is 1330. The number of nitrogens with zero attached hydrogens (tertiary/aromatic N) is 2. The number of carbonyl (C=O) groups excluding carboxylic acids is 1. The minimum Gasteiger partial charge on any atom is -0.494 e. The Labute approximate surface area is 202 Å². The molecular formula is C24H24FN3O6S. The molecular weight excluding hydrogens is 477 g/mol. The summed E-state index contributed by atoms with van der Waals surface area (Å²) in [7, 11) is -4.28. The van der Waals surface area contributed by atoms with E-state index in [0.717, 1.165) is 16.1 Å². The van der Waals surface area contributed by atoms with Gasteiger partial charge in [0.1, 0.15) is 28.3 Å². The maximum Gasteiger partial charge on any atom is 0.266 e. The number of sulfonamides is 1. The number of amides is 1. The first-order chi connectivity index (χ1) is 16.8. The summed E-state index contributed by atoms with van der Waals surface area (Å²) in [5.41, 5.74) is 2.67. The second-order valence-corrected chi connectivity index (χ2v) is 9.73. The van der Waals surface area contributed by atoms with Crippen LogP contribution in [-0.4, -0.2) is 42.0 Å². The largest absolute Gasteiger partial charge is 0.494 e. The highest BCUT2D eigenvalue weighted by atomic mass is 32.2. The van der Waals surface area contributed by atoms with Crippen LogP contribution in [0.15, 0.2) is 59.6 Å². The summed E-state index contributed by atoms with van der Waals surface area (Å²) in [6, 6.07) is 10.7. The van der Waals surface area contributed by atoms with Crippen molar-refractivity contribution in [3.8, 4) is 17.4 Å². The number of hydrogen-bond acceptors (Lipinski definition) is 7. The number of carbonyl (C=O) groups is 1. The standard InChI is InChI=1S/C24H24FN3O6S/c1-3-33-16-5-7-17(8-6-16)34-21-11-9-18(14-26-21)35(31,32)28-13-12-19-15(2)4-10-20(25)22(19)23(28)24(29)27-30/h4-11,14,23,30H,3,12-13H2,1-2H3,(H,27,29). The van der Waals surface area contributed by atoms with Gasteiger partial charge in [0.15, 0.2) is 0 Å². The number of nitrogens with one attached hydrogen (secondary N) is 1. The maximum absolute atomic E-state index is 14.8. The molecule has 2 N–H and O–H groups in total. The first kappa shape index (κ1) is 24.6. The van der Waals surface area contributed by atoms with Crippen molar-refractivity contribution in [2.75, 3.05) is 13.2 Å². The van der Waals surface area contributed by atoms with Crippen molar-refractivity contribution in [1.29, 1.82) is 0 Å². The lowest BCUT2D eigenvalue weighted by Gasteiger charge is -2.35. The van der Waals surface area contributed by atoms with Crippen molar-refractivity contribution in [2.45, 2.75) is 31.2 Å². The lowest BCUT2D eigenvalue weighted by atomic mass is 9.90. The molecule has 2 aromatic carbocycles. The number of hydrogen-bond donors (Lipinski definition) is 2. The van der Waals surface area contributed by atoms with E-state index in [2.05, 4.69) is 4.98 Å². The van der Waals surface area contributed by atoms with Crippen LogP contribution in [0.3, 0.4) is 0 Å². The van der Waals surface area contributed by atoms with Crippen LogP contribution in [0.5, 0.6) is 17.4 Å². The van der Waals surface area contributed by atoms with Gasteiger partial charge in [-0.3, -0.25) is 10.0 Å². The number of fused-ring (bicyclic) bond motifs is 1. The number of halogens is 1. The number of ether oxygens (including phenoxy) is 2. The minimum absolute atomic E-state index is 0.0743. The third-order valence-electron chi connectivity index (χ3n) is 5.71. The summed E-state index contributed by atoms with van der Waals surface area (Å²) in [6.45, 7) is 4.08. The van der Waals surface area contributed by atoms with Gasteiger partial charge >= 0.3 is 0 Å². The van der Waals surface area contributed by atoms with Crippen molar-refractivity contribution >= 4 is 15.9 Å². The van der Waals surface area contributed by atoms with Crippen LogP contribution in [0, 0.1) is 12.7 Å². The van der Waals surface area contributed by atoms with Crippen molar-refractivity contribution in [1.82, 2.24) is 14.8 Å². The van der Waals surface area contributed by atoms with E-state index >= 15 is 0 Å². The van der Waals surface area contributed by atoms with Gasteiger partial charge in [-0.1, -0.05) is 6.07 Å². The fourth-order valence-corrected chi connectivity index (χ4v) is 5.56. The molecule has 9 nitrogen and oxygen atoms in total. The van der Waals surface area contributed by atoms with E-state index in [0.29, 0.717) is 23.7 Å². The molecule has 11 heteroatoms. The molecule has 4 rings (SSSR count). The van der Waals surface area contributed by atoms with Gasteiger partial charge < -0.3 is 9.47 Å². The molecule has 1 unspecified atom stereocenters. The quantitative estimate of drug-likeness (QED) is 0.376. The number of hydroxylamine groups is 1. The summed E-state index contributed by atoms with van der Waals surface area (Å²) in [5, 5.41) is 9.27. The van der Waals surface area contributed by atoms with E-state index in [1.807, 2.05) is 6.92 Å². The number of aryl methyl sites for hydroxylation is 1. The summed E-state index contributed by atoms with van der Waals surface area (Å²) >= 11 is 0. The SMILES string of the molecule is CCOc1ccc(Oc2ccc(S(=O)(=O)N3CCc4c(C)ccc(F)c4C3C(=O)NO)cn2)cc1. The first-order valence-corrected chi connectivity index (χ1v) is 12.3. The van der Waals surface area contributed by atoms with Crippen molar-refractivity contribution < 1.29 is 32.3 Å². The maximum atomic E-state index is 14.8. The van der Waals surface area contributed by atoms with E-state index in [4.69, 9.17) is 9.47 Å². The fourth-order valence-electron chi connectivity index (χ4n) is 4.06. The van der Waals surface area contributed by atoms with Gasteiger partial charge in [-0.05, 0) is 67.8 Å². The molecule has 0 saturated carbocycles. The molecule has 0 spiro atoms. The van der Waals surface area contributed by atoms with Gasteiger partial charge in [-0.25, -0.2) is 23.3 Å². The first-order valence-electron chi connectivity index (χ1n) is 10.9. The summed E-state index contributed by atoms with van der Waals surface area (Å²) in [6.07, 6.45) is 1.31. The van der Waals surface area contributed by atoms with Gasteiger partial charge in [0, 0.05) is 18.2 Å². The highest BCUT2D eigenvalue weighted by Gasteiger charge is 2.42. The number of pyridine rings is 1. The Balaban J connectivity index is 1.62. The molecule has 1 amide bonds. The molecule has 0 aliphatic carbocycles. The Morgan fingerprint density at radius 1 is 1.17 bits per heavy atom. The predicted molar refractivity (Wildman–Crippen MR) is 123 cm³/mol. The smallest absolute Gasteiger partial charge is 0.266 e. The minimum atomic E-state index is -4.28. The molecule has 35 heavy (non-hydrogen) atoms. The van der Waals surface area contributed by atoms with Crippen LogP contribution in [0.1, 0.15) is 29.7 Å². The zero-order valence-corrected chi connectivity index (χ0v) is 19.9. The van der Waals surface area contributed by atoms with Crippen LogP contribution >= 0.6 is 0 Å². The van der Waals surface area contributed by atoms with Crippen LogP contribution in [0.4, 0.5) is 4.39 Å². The zero-order valence-electron chi connectivity index (χ0n) is 19.1. The highest BCUT2D eigenvalue weighted by molar-refractivity contribution is 7.89. The average Bonchev–Trinajstić information content (AvgIpc) is 2.86. The van der Waals surface area contributed by atoms with Gasteiger partial charge in [-0.15, -0.1) is 0 Å². The molecule has 184 valence electrons. The molecule has 0 saturated heterocycles. The Morgan fingerprint density at radius 3 is 2.51 bits per heavy atom. The summed E-state index contributed by atoms with van der Waals surface area (Å²) in [5.74, 6) is -0.456. The summed E-state index contributed by atoms with van der Waals surface area (Å²) < 4.78 is 53.6. The average molecular weight is 502 g/mol. The Hall–Kier alpha value is -3.54. The molecule has 1 aliphatic rings. The molecule has 1 atom stereocenters. The second kappa shape index (κ2) is 9.98. The zero-order chi connectivity index (χ0) is 25.2. The molecule has 1 aromatic heterocycles. The van der Waals surface area contributed by atoms with Crippen LogP contribution in [0.2, 0.25) is 0 Å². The Morgan fingerprint density at radius 2 is 1.89 bits per heavy atom. The highest BCUT2D eigenvalue weighted by Crippen LogP contribution is 2.37. The second-order valence-electron chi connectivity index (χ2n) is 7.84. The normalized spacial score (nSPS) is 15.8. The van der Waals surface area contributed by atoms with E-state index in [-0.39, 0.29) is 29.3 Å². The molecule has 1 aliphatic heterocycles. The summed E-state index contributed by atoms with van der Waals surface area (Å²) in [4.78, 5) is 16.4. The van der Waals surface area contributed by atoms with Gasteiger partial charge in [0.2, 0.25) is 15.9 Å². The van der Waals surface area contributed by atoms with Crippen LogP contribution in [-0.2, 0) is 21.2 Å². The van der Waals surface area contributed by atoms with Crippen LogP contribution in [0.25, 0.3) is 0 Å². The van der Waals surface area contributed by atoms with Crippen molar-refractivity contribution in [3.05, 3.63) is 77.2 Å². The number of aromatic nitrogens is 1. The number of rotatable bonds is 7. The van der Waals surface area contributed by atoms with Gasteiger partial charge in [0.05, 0.1) is 12.8 Å². The van der Waals surface area contributed by atoms with Gasteiger partial charge in [0.25, 0.3) is 5.91 Å². The molecule has 0 bridgehead atoms. The van der Waals surface area contributed by atoms with E-state index < -0.39 is 27.8 Å². The van der Waals surface area contributed by atoms with Crippen LogP contribution < -0.4 is 15.0 Å². The molecule has 3 aromatic rings. The molecule has 0 fully saturated rings. The van der Waals surface area contributed by atoms with Gasteiger partial charge in [-0.2, -0.15) is 4.31 Å². The lowest BCUT2D eigenvalue weighted by Crippen LogP contribution is -2.47. The predicted octanol–water partition coefficient (Wildman–Crippen LogP) is 3.51. The number of benzene rings is 2. The Kier molecular flexibility index (Phi) is 7.01. The van der Waals surface area contributed by atoms with E-state index in [9.17, 15) is 22.8 Å². The third-order valence-corrected chi connectivity index (χ3v) is 7.56. The lowest BCUT2D eigenvalue weighted by molar-refractivity contribution is -0.133. The fraction of sp³-hybridized carbons (Fsp3) is 0.250. The van der Waals surface area contributed by atoms with E-state index in [1.54, 1.807) is 37.3 Å². The van der Waals surface area contributed by atoms with Crippen molar-refractivity contribution in [3.63, 3.8) is 0 Å². The topological polar surface area (TPSA) is 118 Å². The molecule has 2 heterocycles. The monoisotopic (exact) mass is 501 g/mol.